The lowest BCUT2D eigenvalue weighted by Gasteiger charge is -2.36. The number of benzene rings is 3. The molecule has 2 aliphatic heterocycles. The molecule has 4 N–H and O–H groups in total. The zero-order valence-electron chi connectivity index (χ0n) is 19.8. The molecule has 3 aromatic carbocycles. The zero-order chi connectivity index (χ0) is 25.0. The number of nitrogens with zero attached hydrogens (tertiary/aromatic N) is 1. The highest BCUT2D eigenvalue weighted by atomic mass is 19.1. The number of hydrogen-bond donors (Lipinski definition) is 3. The van der Waals surface area contributed by atoms with Gasteiger partial charge in [0.25, 0.3) is 0 Å². The number of fused-ring (bicyclic) bond motifs is 2. The number of aldehydes is 1. The average molecular weight is 476 g/mol. The topological polar surface area (TPSA) is 96.0 Å². The fraction of sp³-hybridized carbons (Fsp3) is 0.296. The summed E-state index contributed by atoms with van der Waals surface area (Å²) in [4.78, 5) is 13.1. The van der Waals surface area contributed by atoms with Crippen LogP contribution in [0.5, 0.6) is 5.75 Å². The lowest BCUT2D eigenvalue weighted by Crippen LogP contribution is -2.41. The highest BCUT2D eigenvalue weighted by Crippen LogP contribution is 2.45. The van der Waals surface area contributed by atoms with E-state index in [1.807, 2.05) is 0 Å². The van der Waals surface area contributed by atoms with E-state index in [1.54, 1.807) is 24.3 Å². The molecule has 1 spiro atoms. The van der Waals surface area contributed by atoms with E-state index in [0.717, 1.165) is 25.4 Å². The van der Waals surface area contributed by atoms with Gasteiger partial charge in [0, 0.05) is 34.1 Å². The van der Waals surface area contributed by atoms with Crippen molar-refractivity contribution in [3.8, 4) is 16.9 Å². The van der Waals surface area contributed by atoms with Gasteiger partial charge in [0.05, 0.1) is 6.61 Å². The SMILES string of the molecule is CN1CCC2(CC1)COc1ccc(CN)cc12.O=Cc1cccc(-c2cccc(B(O)O)c2F)c1. The van der Waals surface area contributed by atoms with Gasteiger partial charge >= 0.3 is 7.12 Å². The predicted molar refractivity (Wildman–Crippen MR) is 135 cm³/mol. The number of rotatable bonds is 4. The number of hydrogen-bond acceptors (Lipinski definition) is 6. The van der Waals surface area contributed by atoms with Gasteiger partial charge in [-0.15, -0.1) is 0 Å². The van der Waals surface area contributed by atoms with Gasteiger partial charge in [0.1, 0.15) is 17.9 Å². The predicted octanol–water partition coefficient (Wildman–Crippen LogP) is 2.49. The highest BCUT2D eigenvalue weighted by Gasteiger charge is 2.42. The van der Waals surface area contributed by atoms with Crippen LogP contribution in [0.3, 0.4) is 0 Å². The van der Waals surface area contributed by atoms with Gasteiger partial charge in [-0.3, -0.25) is 4.79 Å². The number of likely N-dealkylation sites (tertiary alicyclic amines) is 1. The number of carbonyl (C=O) groups is 1. The van der Waals surface area contributed by atoms with Gasteiger partial charge in [0.2, 0.25) is 0 Å². The summed E-state index contributed by atoms with van der Waals surface area (Å²) in [6.07, 6.45) is 3.07. The summed E-state index contributed by atoms with van der Waals surface area (Å²) in [5, 5.41) is 18.1. The summed E-state index contributed by atoms with van der Waals surface area (Å²) in [6.45, 7) is 3.79. The van der Waals surface area contributed by atoms with Crippen molar-refractivity contribution in [1.29, 1.82) is 0 Å². The third kappa shape index (κ3) is 5.31. The second-order valence-electron chi connectivity index (χ2n) is 9.23. The Morgan fingerprint density at radius 2 is 1.86 bits per heavy atom. The molecule has 0 bridgehead atoms. The van der Waals surface area contributed by atoms with Crippen LogP contribution in [0.1, 0.15) is 34.3 Å². The van der Waals surface area contributed by atoms with Gasteiger partial charge in [-0.25, -0.2) is 4.39 Å². The van der Waals surface area contributed by atoms with Crippen molar-refractivity contribution in [2.24, 2.45) is 5.73 Å². The minimum absolute atomic E-state index is 0.191. The van der Waals surface area contributed by atoms with E-state index in [2.05, 4.69) is 30.1 Å². The van der Waals surface area contributed by atoms with Crippen LogP contribution in [0, 0.1) is 5.82 Å². The molecule has 182 valence electrons. The summed E-state index contributed by atoms with van der Waals surface area (Å²) in [5.74, 6) is 0.377. The van der Waals surface area contributed by atoms with Gasteiger partial charge < -0.3 is 25.4 Å². The summed E-state index contributed by atoms with van der Waals surface area (Å²) in [6, 6.07) is 17.2. The van der Waals surface area contributed by atoms with Crippen LogP contribution < -0.4 is 15.9 Å². The van der Waals surface area contributed by atoms with Crippen molar-refractivity contribution >= 4 is 18.9 Å². The standard InChI is InChI=1S/C14H20N2O.C13H10BFO3/c1-16-6-4-14(5-7-16)10-17-13-3-2-11(9-15)8-12(13)14;15-13-11(5-2-6-12(13)14(17)18)10-4-1-3-9(7-10)8-16/h2-3,8H,4-7,9-10,15H2,1H3;1-8,17-18H. The second kappa shape index (κ2) is 10.7. The lowest BCUT2D eigenvalue weighted by molar-refractivity contribution is 0.112. The van der Waals surface area contributed by atoms with Crippen molar-refractivity contribution in [3.63, 3.8) is 0 Å². The Labute approximate surface area is 205 Å². The molecule has 8 heteroatoms. The van der Waals surface area contributed by atoms with E-state index in [-0.39, 0.29) is 16.4 Å². The molecule has 0 unspecified atom stereocenters. The molecule has 0 atom stereocenters. The smallest absolute Gasteiger partial charge is 0.491 e. The number of ether oxygens (including phenoxy) is 1. The van der Waals surface area contributed by atoms with Crippen molar-refractivity contribution in [3.05, 3.63) is 83.2 Å². The van der Waals surface area contributed by atoms with E-state index < -0.39 is 12.9 Å². The van der Waals surface area contributed by atoms with E-state index in [9.17, 15) is 9.18 Å². The first-order valence-electron chi connectivity index (χ1n) is 11.7. The highest BCUT2D eigenvalue weighted by molar-refractivity contribution is 6.58. The van der Waals surface area contributed by atoms with Crippen LogP contribution in [-0.2, 0) is 12.0 Å². The first kappa shape index (κ1) is 25.1. The summed E-state index contributed by atoms with van der Waals surface area (Å²) >= 11 is 0. The molecule has 0 aliphatic carbocycles. The molecule has 6 nitrogen and oxygen atoms in total. The first-order valence-corrected chi connectivity index (χ1v) is 11.7. The van der Waals surface area contributed by atoms with Crippen LogP contribution >= 0.6 is 0 Å². The Morgan fingerprint density at radius 3 is 2.54 bits per heavy atom. The molecule has 5 rings (SSSR count). The summed E-state index contributed by atoms with van der Waals surface area (Å²) < 4.78 is 19.9. The van der Waals surface area contributed by atoms with Gasteiger partial charge in [-0.1, -0.05) is 48.5 Å². The molecule has 3 aromatic rings. The molecule has 0 amide bonds. The molecule has 35 heavy (non-hydrogen) atoms. The quantitative estimate of drug-likeness (QED) is 0.396. The Balaban J connectivity index is 0.000000165. The second-order valence-corrected chi connectivity index (χ2v) is 9.23. The van der Waals surface area contributed by atoms with Crippen LogP contribution in [0.15, 0.2) is 60.7 Å². The van der Waals surface area contributed by atoms with Crippen LogP contribution in [0.25, 0.3) is 11.1 Å². The molecule has 1 saturated heterocycles. The maximum absolute atomic E-state index is 14.0. The lowest BCUT2D eigenvalue weighted by atomic mass is 9.74. The molecular weight excluding hydrogens is 446 g/mol. The summed E-state index contributed by atoms with van der Waals surface area (Å²) in [7, 11) is 0.332. The monoisotopic (exact) mass is 476 g/mol. The Bertz CT molecular complexity index is 1200. The average Bonchev–Trinajstić information content (AvgIpc) is 3.23. The van der Waals surface area contributed by atoms with E-state index in [0.29, 0.717) is 24.0 Å². The fourth-order valence-electron chi connectivity index (χ4n) is 4.75. The van der Waals surface area contributed by atoms with Gasteiger partial charge in [0.15, 0.2) is 0 Å². The molecular formula is C27H30BFN2O4. The Hall–Kier alpha value is -3.04. The number of nitrogens with two attached hydrogens (primary N) is 1. The number of carbonyl (C=O) groups excluding carboxylic acids is 1. The van der Waals surface area contributed by atoms with Crippen molar-refractivity contribution < 1.29 is 24.0 Å². The van der Waals surface area contributed by atoms with Gasteiger partial charge in [-0.2, -0.15) is 0 Å². The Morgan fingerprint density at radius 1 is 1.11 bits per heavy atom. The maximum atomic E-state index is 14.0. The van der Waals surface area contributed by atoms with Crippen molar-refractivity contribution in [2.75, 3.05) is 26.7 Å². The molecule has 0 saturated carbocycles. The maximum Gasteiger partial charge on any atom is 0.491 e. The third-order valence-corrected chi connectivity index (χ3v) is 6.94. The molecule has 1 fully saturated rings. The van der Waals surface area contributed by atoms with Gasteiger partial charge in [-0.05, 0) is 56.2 Å². The minimum Gasteiger partial charge on any atom is -0.492 e. The molecule has 2 aliphatic rings. The molecule has 0 radical (unpaired) electrons. The van der Waals surface area contributed by atoms with Crippen molar-refractivity contribution in [1.82, 2.24) is 4.90 Å². The van der Waals surface area contributed by atoms with E-state index in [1.165, 1.54) is 42.2 Å². The minimum atomic E-state index is -1.86. The van der Waals surface area contributed by atoms with Crippen LogP contribution in [0.2, 0.25) is 0 Å². The van der Waals surface area contributed by atoms with Crippen molar-refractivity contribution in [2.45, 2.75) is 24.8 Å². The van der Waals surface area contributed by atoms with Crippen LogP contribution in [-0.4, -0.2) is 55.1 Å². The first-order chi connectivity index (χ1) is 16.9. The number of halogens is 1. The molecule has 0 aromatic heterocycles. The fourth-order valence-corrected chi connectivity index (χ4v) is 4.75. The van der Waals surface area contributed by atoms with E-state index in [4.69, 9.17) is 20.5 Å². The van der Waals surface area contributed by atoms with Crippen LogP contribution in [0.4, 0.5) is 4.39 Å². The summed E-state index contributed by atoms with van der Waals surface area (Å²) in [5.41, 5.74) is 9.59. The zero-order valence-corrected chi connectivity index (χ0v) is 19.8. The normalized spacial score (nSPS) is 16.1. The number of piperidine rings is 1. The Kier molecular flexibility index (Phi) is 7.67. The third-order valence-electron chi connectivity index (χ3n) is 6.94. The van der Waals surface area contributed by atoms with E-state index >= 15 is 0 Å². The largest absolute Gasteiger partial charge is 0.492 e. The molecule has 2 heterocycles.